The second-order valence-electron chi connectivity index (χ2n) is 2.52. The Labute approximate surface area is 76.2 Å². The van der Waals surface area contributed by atoms with E-state index in [1.807, 2.05) is 6.07 Å². The average molecular weight is 180 g/mol. The van der Waals surface area contributed by atoms with Gasteiger partial charge in [-0.25, -0.2) is 0 Å². The first kappa shape index (κ1) is 9.28. The molecule has 0 spiro atoms. The van der Waals surface area contributed by atoms with Crippen molar-refractivity contribution in [3.05, 3.63) is 17.0 Å². The fourth-order valence-corrected chi connectivity index (χ4v) is 1.66. The molecule has 62 valence electrons. The first-order valence-electron chi connectivity index (χ1n) is 3.48. The lowest BCUT2D eigenvalue weighted by Gasteiger charge is -2.03. The maximum atomic E-state index is 10.6. The minimum absolute atomic E-state index is 0.469. The van der Waals surface area contributed by atoms with Crippen LogP contribution in [0, 0.1) is 0 Å². The number of hydrogen-bond acceptors (Lipinski definition) is 3. The highest BCUT2D eigenvalue weighted by molar-refractivity contribution is 7.20. The highest BCUT2D eigenvalue weighted by atomic mass is 32.1. The molecule has 0 fully saturated rings. The third-order valence-corrected chi connectivity index (χ3v) is 2.41. The Hall–Kier alpha value is -0.805. The molecule has 1 rings (SSSR count). The third kappa shape index (κ3) is 2.35. The molecule has 1 atom stereocenters. The van der Waals surface area contributed by atoms with Gasteiger partial charge in [-0.1, -0.05) is 6.07 Å². The number of carbonyl (C=O) groups excluding carboxylic acids is 1. The molecule has 2 radical (unpaired) electrons. The zero-order valence-electron chi connectivity index (χ0n) is 6.49. The molecule has 4 N–H and O–H groups in total. The average Bonchev–Trinajstić information content (AvgIpc) is 2.35. The summed E-state index contributed by atoms with van der Waals surface area (Å²) in [6, 6.07) is 3.03. The number of hydrogen-bond donors (Lipinski definition) is 2. The van der Waals surface area contributed by atoms with E-state index >= 15 is 0 Å². The summed E-state index contributed by atoms with van der Waals surface area (Å²) in [6.45, 7) is 0. The SMILES string of the molecule is [B]c1ccc(CC(N)C(N)=O)s1. The molecule has 1 aromatic rings. The van der Waals surface area contributed by atoms with Crippen molar-refractivity contribution in [2.45, 2.75) is 12.5 Å². The molecule has 1 heterocycles. The fraction of sp³-hybridized carbons (Fsp3) is 0.286. The van der Waals surface area contributed by atoms with Crippen molar-refractivity contribution in [3.63, 3.8) is 0 Å². The molecule has 1 aromatic heterocycles. The lowest BCUT2D eigenvalue weighted by molar-refractivity contribution is -0.119. The molecular formula is C7H9BN2OS. The molecule has 1 unspecified atom stereocenters. The third-order valence-electron chi connectivity index (χ3n) is 1.47. The molecule has 0 aliphatic carbocycles. The van der Waals surface area contributed by atoms with Gasteiger partial charge in [0.1, 0.15) is 7.85 Å². The molecule has 3 nitrogen and oxygen atoms in total. The van der Waals surface area contributed by atoms with Crippen LogP contribution >= 0.6 is 11.3 Å². The molecule has 0 bridgehead atoms. The maximum absolute atomic E-state index is 10.6. The summed E-state index contributed by atoms with van der Waals surface area (Å²) in [5.41, 5.74) is 10.4. The summed E-state index contributed by atoms with van der Waals surface area (Å²) in [5.74, 6) is -0.484. The van der Waals surface area contributed by atoms with Gasteiger partial charge in [0.25, 0.3) is 0 Å². The van der Waals surface area contributed by atoms with E-state index in [0.29, 0.717) is 6.42 Å². The minimum atomic E-state index is -0.608. The van der Waals surface area contributed by atoms with E-state index in [0.717, 1.165) is 9.65 Å². The number of thiophene rings is 1. The van der Waals surface area contributed by atoms with Crippen LogP contribution in [0.15, 0.2) is 12.1 Å². The zero-order chi connectivity index (χ0) is 9.14. The van der Waals surface area contributed by atoms with Crippen LogP contribution in [0.5, 0.6) is 0 Å². The van der Waals surface area contributed by atoms with Crippen LogP contribution in [0.3, 0.4) is 0 Å². The fourth-order valence-electron chi connectivity index (χ4n) is 0.822. The van der Waals surface area contributed by atoms with Crippen molar-refractivity contribution < 1.29 is 4.79 Å². The van der Waals surface area contributed by atoms with E-state index in [2.05, 4.69) is 0 Å². The summed E-state index contributed by atoms with van der Waals surface area (Å²) >= 11 is 1.42. The minimum Gasteiger partial charge on any atom is -0.368 e. The van der Waals surface area contributed by atoms with Crippen molar-refractivity contribution in [2.75, 3.05) is 0 Å². The Balaban J connectivity index is 2.58. The van der Waals surface area contributed by atoms with Gasteiger partial charge in [-0.2, -0.15) is 11.3 Å². The van der Waals surface area contributed by atoms with Crippen LogP contribution in [0.4, 0.5) is 0 Å². The Morgan fingerprint density at radius 1 is 1.67 bits per heavy atom. The highest BCUT2D eigenvalue weighted by Gasteiger charge is 2.10. The van der Waals surface area contributed by atoms with Gasteiger partial charge < -0.3 is 11.5 Å². The number of rotatable bonds is 3. The standard InChI is InChI=1S/C7H9BN2OS/c8-6-2-1-4(12-6)3-5(9)7(10)11/h1-2,5H,3,9H2,(H2,10,11). The van der Waals surface area contributed by atoms with Crippen molar-refractivity contribution in [3.8, 4) is 0 Å². The van der Waals surface area contributed by atoms with Crippen LogP contribution in [-0.2, 0) is 11.2 Å². The number of primary amides is 1. The number of amides is 1. The van der Waals surface area contributed by atoms with Crippen LogP contribution in [-0.4, -0.2) is 19.8 Å². The number of nitrogens with two attached hydrogens (primary N) is 2. The summed E-state index contributed by atoms with van der Waals surface area (Å²) < 4.78 is 0.724. The Kier molecular flexibility index (Phi) is 2.89. The lowest BCUT2D eigenvalue weighted by atomic mass is 10.1. The Morgan fingerprint density at radius 3 is 2.75 bits per heavy atom. The summed E-state index contributed by atoms with van der Waals surface area (Å²) in [7, 11) is 5.49. The maximum Gasteiger partial charge on any atom is 0.234 e. The van der Waals surface area contributed by atoms with Crippen molar-refractivity contribution in [1.82, 2.24) is 0 Å². The van der Waals surface area contributed by atoms with Crippen LogP contribution in [0.1, 0.15) is 4.88 Å². The molecule has 0 aliphatic heterocycles. The lowest BCUT2D eigenvalue weighted by Crippen LogP contribution is -2.37. The van der Waals surface area contributed by atoms with Gasteiger partial charge >= 0.3 is 0 Å². The van der Waals surface area contributed by atoms with Crippen LogP contribution in [0.25, 0.3) is 0 Å². The molecule has 1 amide bonds. The van der Waals surface area contributed by atoms with E-state index in [4.69, 9.17) is 19.3 Å². The van der Waals surface area contributed by atoms with Gasteiger partial charge in [0, 0.05) is 11.3 Å². The zero-order valence-corrected chi connectivity index (χ0v) is 7.30. The molecule has 0 saturated carbocycles. The summed E-state index contributed by atoms with van der Waals surface area (Å²) in [4.78, 5) is 11.6. The van der Waals surface area contributed by atoms with Gasteiger partial charge in [0.2, 0.25) is 5.91 Å². The van der Waals surface area contributed by atoms with Crippen molar-refractivity contribution in [1.29, 1.82) is 0 Å². The van der Waals surface area contributed by atoms with Gasteiger partial charge in [-0.3, -0.25) is 4.79 Å². The van der Waals surface area contributed by atoms with E-state index in [9.17, 15) is 4.79 Å². The molecule has 0 aromatic carbocycles. The largest absolute Gasteiger partial charge is 0.368 e. The van der Waals surface area contributed by atoms with Crippen molar-refractivity contribution >= 4 is 29.9 Å². The van der Waals surface area contributed by atoms with Gasteiger partial charge in [-0.05, 0) is 10.8 Å². The topological polar surface area (TPSA) is 69.1 Å². The smallest absolute Gasteiger partial charge is 0.234 e. The Bertz CT molecular complexity index is 287. The van der Waals surface area contributed by atoms with Crippen LogP contribution in [0.2, 0.25) is 0 Å². The Morgan fingerprint density at radius 2 is 2.33 bits per heavy atom. The predicted octanol–water partition coefficient (Wildman–Crippen LogP) is -1.10. The predicted molar refractivity (Wildman–Crippen MR) is 50.6 cm³/mol. The quantitative estimate of drug-likeness (QED) is 0.579. The van der Waals surface area contributed by atoms with E-state index < -0.39 is 11.9 Å². The van der Waals surface area contributed by atoms with Gasteiger partial charge in [-0.15, -0.1) is 0 Å². The molecule has 0 saturated heterocycles. The van der Waals surface area contributed by atoms with Crippen LogP contribution < -0.4 is 16.2 Å². The monoisotopic (exact) mass is 180 g/mol. The van der Waals surface area contributed by atoms with Gasteiger partial charge in [0.15, 0.2) is 0 Å². The second-order valence-corrected chi connectivity index (χ2v) is 3.72. The highest BCUT2D eigenvalue weighted by Crippen LogP contribution is 2.07. The summed E-state index contributed by atoms with van der Waals surface area (Å²) in [5, 5.41) is 0. The first-order chi connectivity index (χ1) is 5.59. The second kappa shape index (κ2) is 3.73. The van der Waals surface area contributed by atoms with E-state index in [1.54, 1.807) is 6.07 Å². The van der Waals surface area contributed by atoms with Crippen molar-refractivity contribution in [2.24, 2.45) is 11.5 Å². The molecule has 12 heavy (non-hydrogen) atoms. The number of carbonyl (C=O) groups is 1. The molecule has 5 heteroatoms. The summed E-state index contributed by atoms with van der Waals surface area (Å²) in [6.07, 6.45) is 0.469. The van der Waals surface area contributed by atoms with E-state index in [-0.39, 0.29) is 0 Å². The first-order valence-corrected chi connectivity index (χ1v) is 4.30. The van der Waals surface area contributed by atoms with E-state index in [1.165, 1.54) is 11.3 Å². The van der Waals surface area contributed by atoms with Gasteiger partial charge in [0.05, 0.1) is 6.04 Å². The normalized spacial score (nSPS) is 12.8. The molecular weight excluding hydrogens is 171 g/mol. The molecule has 0 aliphatic rings.